The lowest BCUT2D eigenvalue weighted by Crippen LogP contribution is -2.18. The molecule has 1 heterocycles. The molecule has 0 radical (unpaired) electrons. The minimum Gasteiger partial charge on any atom is -0.455 e. The highest BCUT2D eigenvalue weighted by atomic mass is 16.5. The molecule has 0 saturated carbocycles. The highest BCUT2D eigenvalue weighted by molar-refractivity contribution is 5.99. The van der Waals surface area contributed by atoms with Crippen LogP contribution in [0.25, 0.3) is 0 Å². The quantitative estimate of drug-likeness (QED) is 0.795. The van der Waals surface area contributed by atoms with Crippen LogP contribution in [0.1, 0.15) is 46.2 Å². The molecular formula is C17H18O3. The van der Waals surface area contributed by atoms with Crippen molar-refractivity contribution in [2.45, 2.75) is 31.8 Å². The molecule has 20 heavy (non-hydrogen) atoms. The van der Waals surface area contributed by atoms with Gasteiger partial charge in [-0.2, -0.15) is 0 Å². The van der Waals surface area contributed by atoms with Gasteiger partial charge in [-0.3, -0.25) is 4.79 Å². The maximum atomic E-state index is 12.6. The summed E-state index contributed by atoms with van der Waals surface area (Å²) >= 11 is 0. The number of carbonyl (C=O) groups excluding carboxylic acids is 1. The lowest BCUT2D eigenvalue weighted by molar-refractivity contribution is 0.0914. The number of methoxy groups -OCH3 is 1. The molecule has 3 rings (SSSR count). The van der Waals surface area contributed by atoms with E-state index in [9.17, 15) is 4.79 Å². The molecule has 1 atom stereocenters. The Balaban J connectivity index is 1.87. The molecule has 0 saturated heterocycles. The third kappa shape index (κ3) is 2.41. The highest BCUT2D eigenvalue weighted by Gasteiger charge is 2.28. The standard InChI is InChI=1S/C17H18O3/c1-19-11-13-9-10-16(20-13)17(18)15-8-4-6-12-5-2-3-7-14(12)15/h2-3,5,7,9-10,15H,4,6,8,11H2,1H3. The Bertz CT molecular complexity index is 612. The van der Waals surface area contributed by atoms with E-state index in [0.717, 1.165) is 24.8 Å². The third-order valence-corrected chi connectivity index (χ3v) is 3.88. The Labute approximate surface area is 118 Å². The van der Waals surface area contributed by atoms with Crippen molar-refractivity contribution in [3.8, 4) is 0 Å². The van der Waals surface area contributed by atoms with E-state index in [1.165, 1.54) is 5.56 Å². The first-order valence-corrected chi connectivity index (χ1v) is 6.99. The largest absolute Gasteiger partial charge is 0.455 e. The predicted molar refractivity (Wildman–Crippen MR) is 75.9 cm³/mol. The number of hydrogen-bond acceptors (Lipinski definition) is 3. The molecular weight excluding hydrogens is 252 g/mol. The Kier molecular flexibility index (Phi) is 3.70. The van der Waals surface area contributed by atoms with Crippen molar-refractivity contribution in [1.82, 2.24) is 0 Å². The van der Waals surface area contributed by atoms with Crippen molar-refractivity contribution in [2.24, 2.45) is 0 Å². The van der Waals surface area contributed by atoms with E-state index < -0.39 is 0 Å². The Hall–Kier alpha value is -1.87. The number of ketones is 1. The summed E-state index contributed by atoms with van der Waals surface area (Å²) in [4.78, 5) is 12.6. The van der Waals surface area contributed by atoms with Crippen molar-refractivity contribution in [2.75, 3.05) is 7.11 Å². The number of benzene rings is 1. The molecule has 1 unspecified atom stereocenters. The number of fused-ring (bicyclic) bond motifs is 1. The van der Waals surface area contributed by atoms with Gasteiger partial charge in [0.1, 0.15) is 12.4 Å². The molecule has 0 bridgehead atoms. The van der Waals surface area contributed by atoms with E-state index in [1.807, 2.05) is 18.2 Å². The first-order valence-electron chi connectivity index (χ1n) is 6.99. The first kappa shape index (κ1) is 13.1. The van der Waals surface area contributed by atoms with Crippen molar-refractivity contribution in [3.05, 3.63) is 59.0 Å². The van der Waals surface area contributed by atoms with Crippen molar-refractivity contribution >= 4 is 5.78 Å². The van der Waals surface area contributed by atoms with Crippen molar-refractivity contribution in [3.63, 3.8) is 0 Å². The number of aryl methyl sites for hydroxylation is 1. The lowest BCUT2D eigenvalue weighted by atomic mass is 9.80. The van der Waals surface area contributed by atoms with Crippen LogP contribution in [0.15, 0.2) is 40.8 Å². The van der Waals surface area contributed by atoms with Gasteiger partial charge >= 0.3 is 0 Å². The second-order valence-corrected chi connectivity index (χ2v) is 5.21. The smallest absolute Gasteiger partial charge is 0.205 e. The summed E-state index contributed by atoms with van der Waals surface area (Å²) in [6, 6.07) is 11.8. The summed E-state index contributed by atoms with van der Waals surface area (Å²) in [5, 5.41) is 0. The molecule has 1 aliphatic carbocycles. The monoisotopic (exact) mass is 270 g/mol. The van der Waals surface area contributed by atoms with Gasteiger partial charge in [-0.15, -0.1) is 0 Å². The second kappa shape index (κ2) is 5.63. The number of rotatable bonds is 4. The summed E-state index contributed by atoms with van der Waals surface area (Å²) in [6.45, 7) is 0.397. The number of hydrogen-bond donors (Lipinski definition) is 0. The van der Waals surface area contributed by atoms with Gasteiger partial charge in [0.25, 0.3) is 0 Å². The van der Waals surface area contributed by atoms with Gasteiger partial charge in [-0.1, -0.05) is 24.3 Å². The molecule has 3 heteroatoms. The highest BCUT2D eigenvalue weighted by Crippen LogP contribution is 2.34. The average molecular weight is 270 g/mol. The Morgan fingerprint density at radius 3 is 3.00 bits per heavy atom. The van der Waals surface area contributed by atoms with Gasteiger partial charge in [-0.05, 0) is 42.5 Å². The van der Waals surface area contributed by atoms with Crippen LogP contribution in [0.4, 0.5) is 0 Å². The molecule has 2 aromatic rings. The van der Waals surface area contributed by atoms with E-state index >= 15 is 0 Å². The minimum atomic E-state index is -0.0681. The van der Waals surface area contributed by atoms with Crippen LogP contribution >= 0.6 is 0 Å². The van der Waals surface area contributed by atoms with Crippen molar-refractivity contribution < 1.29 is 13.9 Å². The summed E-state index contributed by atoms with van der Waals surface area (Å²) < 4.78 is 10.6. The molecule has 1 aromatic heterocycles. The van der Waals surface area contributed by atoms with E-state index in [-0.39, 0.29) is 11.7 Å². The summed E-state index contributed by atoms with van der Waals surface area (Å²) in [6.07, 6.45) is 3.02. The zero-order chi connectivity index (χ0) is 13.9. The predicted octanol–water partition coefficient (Wildman–Crippen LogP) is 3.73. The van der Waals surface area contributed by atoms with Crippen LogP contribution in [-0.4, -0.2) is 12.9 Å². The summed E-state index contributed by atoms with van der Waals surface area (Å²) in [7, 11) is 1.61. The molecule has 3 nitrogen and oxygen atoms in total. The minimum absolute atomic E-state index is 0.0681. The lowest BCUT2D eigenvalue weighted by Gasteiger charge is -2.23. The van der Waals surface area contributed by atoms with Gasteiger partial charge in [0, 0.05) is 7.11 Å². The van der Waals surface area contributed by atoms with E-state index in [0.29, 0.717) is 18.1 Å². The number of carbonyl (C=O) groups is 1. The normalized spacial score (nSPS) is 17.8. The van der Waals surface area contributed by atoms with Gasteiger partial charge in [0.2, 0.25) is 5.78 Å². The SMILES string of the molecule is COCc1ccc(C(=O)C2CCCc3ccccc32)o1. The van der Waals surface area contributed by atoms with Gasteiger partial charge in [-0.25, -0.2) is 0 Å². The van der Waals surface area contributed by atoms with Crippen LogP contribution in [0.3, 0.4) is 0 Å². The molecule has 1 aliphatic rings. The molecule has 0 fully saturated rings. The molecule has 104 valence electrons. The first-order chi connectivity index (χ1) is 9.79. The Morgan fingerprint density at radius 2 is 2.15 bits per heavy atom. The molecule has 0 spiro atoms. The number of Topliss-reactive ketones (excluding diaryl/α,β-unsaturated/α-hetero) is 1. The van der Waals surface area contributed by atoms with Gasteiger partial charge < -0.3 is 9.15 Å². The van der Waals surface area contributed by atoms with Crippen LogP contribution in [0.2, 0.25) is 0 Å². The fraction of sp³-hybridized carbons (Fsp3) is 0.353. The fourth-order valence-corrected chi connectivity index (χ4v) is 2.93. The fourth-order valence-electron chi connectivity index (χ4n) is 2.93. The van der Waals surface area contributed by atoms with Crippen LogP contribution < -0.4 is 0 Å². The topological polar surface area (TPSA) is 39.4 Å². The van der Waals surface area contributed by atoms with Crippen LogP contribution in [0, 0.1) is 0 Å². The number of ether oxygens (including phenoxy) is 1. The zero-order valence-electron chi connectivity index (χ0n) is 11.6. The van der Waals surface area contributed by atoms with Crippen molar-refractivity contribution in [1.29, 1.82) is 0 Å². The molecule has 0 aliphatic heterocycles. The van der Waals surface area contributed by atoms with Gasteiger partial charge in [0.15, 0.2) is 5.76 Å². The molecule has 1 aromatic carbocycles. The van der Waals surface area contributed by atoms with Crippen LogP contribution in [-0.2, 0) is 17.8 Å². The number of furan rings is 1. The Morgan fingerprint density at radius 1 is 1.30 bits per heavy atom. The van der Waals surface area contributed by atoms with E-state index in [2.05, 4.69) is 12.1 Å². The summed E-state index contributed by atoms with van der Waals surface area (Å²) in [5.74, 6) is 1.15. The van der Waals surface area contributed by atoms with E-state index in [4.69, 9.17) is 9.15 Å². The van der Waals surface area contributed by atoms with Gasteiger partial charge in [0.05, 0.1) is 5.92 Å². The molecule has 0 amide bonds. The maximum absolute atomic E-state index is 12.6. The maximum Gasteiger partial charge on any atom is 0.205 e. The summed E-state index contributed by atoms with van der Waals surface area (Å²) in [5.41, 5.74) is 2.45. The average Bonchev–Trinajstić information content (AvgIpc) is 2.95. The van der Waals surface area contributed by atoms with E-state index in [1.54, 1.807) is 13.2 Å². The second-order valence-electron chi connectivity index (χ2n) is 5.21. The molecule has 0 N–H and O–H groups in total. The zero-order valence-corrected chi connectivity index (χ0v) is 11.6. The van der Waals surface area contributed by atoms with Crippen LogP contribution in [0.5, 0.6) is 0 Å². The third-order valence-electron chi connectivity index (χ3n) is 3.88.